The third-order valence-corrected chi connectivity index (χ3v) is 4.66. The number of barbiturate groups is 1. The van der Waals surface area contributed by atoms with E-state index in [1.807, 2.05) is 13.8 Å². The predicted octanol–water partition coefficient (Wildman–Crippen LogP) is -0.781. The third kappa shape index (κ3) is 2.36. The molecular weight excluding hydrogens is 255 g/mol. The molecule has 100 valence electrons. The molecule has 6 heteroatoms. The van der Waals surface area contributed by atoms with Crippen molar-refractivity contribution in [1.29, 1.82) is 0 Å². The number of nitrogens with one attached hydrogen (secondary N) is 1. The van der Waals surface area contributed by atoms with Crippen LogP contribution in [0.2, 0.25) is 0 Å². The minimum Gasteiger partial charge on any atom is -0.394 e. The zero-order valence-electron chi connectivity index (χ0n) is 12.0. The van der Waals surface area contributed by atoms with Gasteiger partial charge in [-0.2, -0.15) is 0 Å². The normalized spacial score (nSPS) is 37.8. The molecule has 4 atom stereocenters. The molecule has 2 rings (SSSR count). The molecule has 0 radical (unpaired) electrons. The quantitative estimate of drug-likeness (QED) is 0.530. The summed E-state index contributed by atoms with van der Waals surface area (Å²) in [4.78, 5) is 35.7. The number of carbonyl (C=O) groups is 3. The number of urea groups is 1. The van der Waals surface area contributed by atoms with Crippen LogP contribution in [-0.4, -0.2) is 17.8 Å². The minimum absolute atomic E-state index is 0. The summed E-state index contributed by atoms with van der Waals surface area (Å²) in [6, 6.07) is -0.822. The SMILES string of the molecule is CCCC1CC(C)C(C)C12C(=O)[N-]C(=O)NC2=O.[Na+]. The van der Waals surface area contributed by atoms with Gasteiger partial charge >= 0.3 is 29.6 Å². The van der Waals surface area contributed by atoms with Gasteiger partial charge in [0.15, 0.2) is 17.8 Å². The summed E-state index contributed by atoms with van der Waals surface area (Å²) < 4.78 is 0. The van der Waals surface area contributed by atoms with E-state index in [0.717, 1.165) is 19.3 Å². The molecule has 1 saturated heterocycles. The maximum Gasteiger partial charge on any atom is 1.00 e. The Bertz CT molecular complexity index is 391. The zero-order valence-corrected chi connectivity index (χ0v) is 14.0. The molecule has 1 N–H and O–H groups in total. The molecule has 1 spiro atoms. The van der Waals surface area contributed by atoms with Crippen LogP contribution in [0.15, 0.2) is 0 Å². The van der Waals surface area contributed by atoms with Crippen LogP contribution in [-0.2, 0) is 9.59 Å². The van der Waals surface area contributed by atoms with Crippen molar-refractivity contribution < 1.29 is 43.9 Å². The van der Waals surface area contributed by atoms with Crippen molar-refractivity contribution in [3.63, 3.8) is 0 Å². The third-order valence-electron chi connectivity index (χ3n) is 4.66. The minimum atomic E-state index is -1.11. The molecular formula is C13H19N2NaO3. The van der Waals surface area contributed by atoms with Crippen molar-refractivity contribution in [2.24, 2.45) is 23.2 Å². The van der Waals surface area contributed by atoms with Crippen molar-refractivity contribution in [3.8, 4) is 0 Å². The Morgan fingerprint density at radius 3 is 2.47 bits per heavy atom. The first-order chi connectivity index (χ1) is 8.44. The fourth-order valence-electron chi connectivity index (χ4n) is 3.63. The van der Waals surface area contributed by atoms with E-state index in [-0.39, 0.29) is 41.4 Å². The summed E-state index contributed by atoms with van der Waals surface area (Å²) in [5.41, 5.74) is -1.11. The van der Waals surface area contributed by atoms with Gasteiger partial charge < -0.3 is 10.6 Å². The second-order valence-corrected chi connectivity index (χ2v) is 5.53. The summed E-state index contributed by atoms with van der Waals surface area (Å²) in [6.07, 6.45) is 2.58. The molecule has 19 heavy (non-hydrogen) atoms. The van der Waals surface area contributed by atoms with Crippen LogP contribution < -0.4 is 34.9 Å². The molecule has 0 bridgehead atoms. The molecule has 4 amide bonds. The molecule has 2 fully saturated rings. The summed E-state index contributed by atoms with van der Waals surface area (Å²) in [5.74, 6) is -0.760. The molecule has 1 aliphatic heterocycles. The summed E-state index contributed by atoms with van der Waals surface area (Å²) in [6.45, 7) is 6.01. The van der Waals surface area contributed by atoms with Gasteiger partial charge in [-0.25, -0.2) is 0 Å². The van der Waals surface area contributed by atoms with E-state index >= 15 is 0 Å². The van der Waals surface area contributed by atoms with E-state index in [4.69, 9.17) is 0 Å². The molecule has 4 unspecified atom stereocenters. The Hall–Kier alpha value is -0.390. The first-order valence-corrected chi connectivity index (χ1v) is 6.56. The molecule has 0 aromatic heterocycles. The van der Waals surface area contributed by atoms with Gasteiger partial charge in [0, 0.05) is 0 Å². The van der Waals surface area contributed by atoms with Gasteiger partial charge in [0.25, 0.3) is 0 Å². The fourth-order valence-corrected chi connectivity index (χ4v) is 3.63. The van der Waals surface area contributed by atoms with E-state index in [9.17, 15) is 14.4 Å². The average molecular weight is 274 g/mol. The molecule has 1 saturated carbocycles. The number of imide groups is 2. The predicted molar refractivity (Wildman–Crippen MR) is 65.7 cm³/mol. The summed E-state index contributed by atoms with van der Waals surface area (Å²) >= 11 is 0. The molecule has 0 aromatic rings. The second-order valence-electron chi connectivity index (χ2n) is 5.53. The largest absolute Gasteiger partial charge is 1.00 e. The van der Waals surface area contributed by atoms with Crippen LogP contribution in [0.25, 0.3) is 5.32 Å². The first-order valence-electron chi connectivity index (χ1n) is 6.56. The monoisotopic (exact) mass is 274 g/mol. The Labute approximate surface area is 135 Å². The van der Waals surface area contributed by atoms with E-state index in [2.05, 4.69) is 17.6 Å². The van der Waals surface area contributed by atoms with E-state index < -0.39 is 23.3 Å². The van der Waals surface area contributed by atoms with Crippen molar-refractivity contribution in [1.82, 2.24) is 5.32 Å². The van der Waals surface area contributed by atoms with Gasteiger partial charge in [0.05, 0.1) is 5.41 Å². The van der Waals surface area contributed by atoms with Crippen LogP contribution in [0.3, 0.4) is 0 Å². The fraction of sp³-hybridized carbons (Fsp3) is 0.769. The Kier molecular flexibility index (Phi) is 5.21. The van der Waals surface area contributed by atoms with Crippen LogP contribution >= 0.6 is 0 Å². The van der Waals surface area contributed by atoms with Gasteiger partial charge in [0.2, 0.25) is 0 Å². The van der Waals surface area contributed by atoms with Gasteiger partial charge in [-0.05, 0) is 30.6 Å². The first kappa shape index (κ1) is 16.7. The number of carbonyl (C=O) groups excluding carboxylic acids is 3. The topological polar surface area (TPSA) is 77.3 Å². The van der Waals surface area contributed by atoms with Crippen LogP contribution in [0.1, 0.15) is 40.0 Å². The number of amides is 4. The summed E-state index contributed by atoms with van der Waals surface area (Å²) in [7, 11) is 0. The molecule has 1 heterocycles. The second kappa shape index (κ2) is 5.94. The Morgan fingerprint density at radius 2 is 1.95 bits per heavy atom. The van der Waals surface area contributed by atoms with Gasteiger partial charge in [-0.1, -0.05) is 27.2 Å². The number of rotatable bonds is 2. The van der Waals surface area contributed by atoms with Crippen molar-refractivity contribution in [2.75, 3.05) is 0 Å². The van der Waals surface area contributed by atoms with E-state index in [1.165, 1.54) is 0 Å². The van der Waals surface area contributed by atoms with Gasteiger partial charge in [-0.3, -0.25) is 14.4 Å². The van der Waals surface area contributed by atoms with E-state index in [0.29, 0.717) is 5.92 Å². The van der Waals surface area contributed by atoms with Crippen molar-refractivity contribution in [3.05, 3.63) is 5.32 Å². The average Bonchev–Trinajstić information content (AvgIpc) is 2.51. The smallest absolute Gasteiger partial charge is 0.394 e. The van der Waals surface area contributed by atoms with Crippen LogP contribution in [0.4, 0.5) is 4.79 Å². The Morgan fingerprint density at radius 1 is 1.32 bits per heavy atom. The number of hydrogen-bond acceptors (Lipinski definition) is 3. The summed E-state index contributed by atoms with van der Waals surface area (Å²) in [5, 5.41) is 5.69. The standard InChI is InChI=1S/C13H20N2O3.Na/c1-4-5-9-6-7(2)8(3)13(9)10(16)14-12(18)15-11(13)17;/h7-9H,4-6H2,1-3H3,(H2,14,15,16,17,18);/q;+1/p-1. The zero-order chi connectivity index (χ0) is 13.5. The maximum atomic E-state index is 12.3. The molecule has 0 aromatic carbocycles. The molecule has 5 nitrogen and oxygen atoms in total. The van der Waals surface area contributed by atoms with Gasteiger partial charge in [-0.15, -0.1) is 0 Å². The van der Waals surface area contributed by atoms with Crippen molar-refractivity contribution >= 4 is 17.8 Å². The van der Waals surface area contributed by atoms with Crippen LogP contribution in [0.5, 0.6) is 0 Å². The molecule has 1 aliphatic carbocycles. The van der Waals surface area contributed by atoms with E-state index in [1.54, 1.807) is 0 Å². The van der Waals surface area contributed by atoms with Crippen LogP contribution in [0, 0.1) is 23.2 Å². The van der Waals surface area contributed by atoms with Crippen molar-refractivity contribution in [2.45, 2.75) is 40.0 Å². The molecule has 2 aliphatic rings. The maximum absolute atomic E-state index is 12.3. The number of hydrogen-bond donors (Lipinski definition) is 1. The number of nitrogens with zero attached hydrogens (tertiary/aromatic N) is 1. The van der Waals surface area contributed by atoms with Gasteiger partial charge in [0.1, 0.15) is 0 Å². The Balaban J connectivity index is 0.00000180.